The zero-order valence-corrected chi connectivity index (χ0v) is 10.9. The van der Waals surface area contributed by atoms with E-state index in [9.17, 15) is 18.8 Å². The molecule has 0 amide bonds. The molecule has 3 nitrogen and oxygen atoms in total. The minimum atomic E-state index is -0.920. The second-order valence-electron chi connectivity index (χ2n) is 5.54. The molecule has 1 aromatic rings. The summed E-state index contributed by atoms with van der Waals surface area (Å²) < 4.78 is 26.8. The van der Waals surface area contributed by atoms with Crippen molar-refractivity contribution in [3.05, 3.63) is 35.4 Å². The maximum atomic E-state index is 13.8. The molecule has 2 aliphatic rings. The van der Waals surface area contributed by atoms with Crippen LogP contribution in [-0.2, 0) is 0 Å². The van der Waals surface area contributed by atoms with E-state index in [1.807, 2.05) is 0 Å². The van der Waals surface area contributed by atoms with E-state index < -0.39 is 23.0 Å². The largest absolute Gasteiger partial charge is 0.294 e. The highest BCUT2D eigenvalue weighted by Gasteiger charge is 2.54. The maximum Gasteiger partial charge on any atom is 0.192 e. The molecule has 2 heterocycles. The smallest absolute Gasteiger partial charge is 0.192 e. The molecule has 0 radical (unpaired) electrons. The molecule has 2 fully saturated rings. The molecule has 2 saturated heterocycles. The molecule has 20 heavy (non-hydrogen) atoms. The summed E-state index contributed by atoms with van der Waals surface area (Å²) in [4.78, 5) is 14.3. The third-order valence-corrected chi connectivity index (χ3v) is 4.55. The van der Waals surface area contributed by atoms with E-state index in [0.717, 1.165) is 31.4 Å². The Hall–Kier alpha value is -1.96. The highest BCUT2D eigenvalue weighted by Crippen LogP contribution is 2.45. The van der Waals surface area contributed by atoms with Crippen molar-refractivity contribution in [1.29, 1.82) is 5.26 Å². The molecule has 104 valence electrons. The van der Waals surface area contributed by atoms with Gasteiger partial charge in [0.15, 0.2) is 12.0 Å². The monoisotopic (exact) mass is 276 g/mol. The van der Waals surface area contributed by atoms with Crippen LogP contribution in [0.2, 0.25) is 0 Å². The Kier molecular flexibility index (Phi) is 2.97. The minimum absolute atomic E-state index is 0.0845. The number of rotatable bonds is 2. The molecular weight excluding hydrogens is 262 g/mol. The summed E-state index contributed by atoms with van der Waals surface area (Å²) in [6.45, 7) is 0. The number of hydrogen-bond acceptors (Lipinski definition) is 3. The fraction of sp³-hybridized carbons (Fsp3) is 0.467. The Bertz CT molecular complexity index is 606. The van der Waals surface area contributed by atoms with Crippen molar-refractivity contribution in [1.82, 2.24) is 4.90 Å². The number of fused-ring (bicyclic) bond motifs is 2. The lowest BCUT2D eigenvalue weighted by atomic mass is 9.81. The number of nitrogens with zero attached hydrogens (tertiary/aromatic N) is 2. The van der Waals surface area contributed by atoms with Gasteiger partial charge in [0.05, 0.1) is 5.56 Å². The molecule has 0 spiro atoms. The Labute approximate surface area is 115 Å². The molecule has 2 aliphatic heterocycles. The SMILES string of the molecule is N#CN1C2CCCC1(C(=O)c1ccc(F)cc1F)CC2. The van der Waals surface area contributed by atoms with Gasteiger partial charge in [-0.25, -0.2) is 8.78 Å². The Morgan fingerprint density at radius 1 is 1.35 bits per heavy atom. The van der Waals surface area contributed by atoms with Crippen molar-refractivity contribution < 1.29 is 13.6 Å². The lowest BCUT2D eigenvalue weighted by Crippen LogP contribution is -2.53. The summed E-state index contributed by atoms with van der Waals surface area (Å²) in [7, 11) is 0. The van der Waals surface area contributed by atoms with Gasteiger partial charge in [0.1, 0.15) is 17.2 Å². The van der Waals surface area contributed by atoms with Gasteiger partial charge in [-0.15, -0.1) is 0 Å². The third-order valence-electron chi connectivity index (χ3n) is 4.55. The van der Waals surface area contributed by atoms with Crippen LogP contribution in [0.25, 0.3) is 0 Å². The summed E-state index contributed by atoms with van der Waals surface area (Å²) in [5.41, 5.74) is -1.04. The Morgan fingerprint density at radius 3 is 2.85 bits per heavy atom. The Balaban J connectivity index is 2.03. The number of ketones is 1. The summed E-state index contributed by atoms with van der Waals surface area (Å²) in [6.07, 6.45) is 5.77. The van der Waals surface area contributed by atoms with Crippen molar-refractivity contribution in [2.75, 3.05) is 0 Å². The van der Waals surface area contributed by atoms with E-state index in [4.69, 9.17) is 0 Å². The van der Waals surface area contributed by atoms with Gasteiger partial charge in [0.25, 0.3) is 0 Å². The van der Waals surface area contributed by atoms with Gasteiger partial charge >= 0.3 is 0 Å². The number of piperidine rings is 1. The maximum absolute atomic E-state index is 13.8. The molecule has 0 aromatic heterocycles. The second kappa shape index (κ2) is 4.55. The van der Waals surface area contributed by atoms with Crippen molar-refractivity contribution in [2.45, 2.75) is 43.7 Å². The first-order valence-corrected chi connectivity index (χ1v) is 6.77. The molecule has 5 heteroatoms. The molecule has 0 aliphatic carbocycles. The Morgan fingerprint density at radius 2 is 2.15 bits per heavy atom. The number of Topliss-reactive ketones (excluding diaryl/α,β-unsaturated/α-hetero) is 1. The van der Waals surface area contributed by atoms with E-state index in [2.05, 4.69) is 6.19 Å². The first kappa shape index (κ1) is 13.0. The van der Waals surface area contributed by atoms with Crippen LogP contribution in [0.5, 0.6) is 0 Å². The molecule has 0 saturated carbocycles. The van der Waals surface area contributed by atoms with E-state index >= 15 is 0 Å². The average Bonchev–Trinajstić information content (AvgIpc) is 2.63. The first-order valence-electron chi connectivity index (χ1n) is 6.77. The third kappa shape index (κ3) is 1.71. The molecule has 1 aromatic carbocycles. The van der Waals surface area contributed by atoms with Crippen molar-refractivity contribution in [2.24, 2.45) is 0 Å². The molecule has 2 unspecified atom stereocenters. The summed E-state index contributed by atoms with van der Waals surface area (Å²) in [5.74, 6) is -1.95. The molecule has 3 rings (SSSR count). The van der Waals surface area contributed by atoms with Crippen molar-refractivity contribution >= 4 is 5.78 Å². The van der Waals surface area contributed by atoms with Gasteiger partial charge in [-0.2, -0.15) is 5.26 Å². The van der Waals surface area contributed by atoms with E-state index in [1.54, 1.807) is 4.90 Å². The van der Waals surface area contributed by atoms with Gasteiger partial charge in [-0.1, -0.05) is 0 Å². The fourth-order valence-corrected chi connectivity index (χ4v) is 3.59. The van der Waals surface area contributed by atoms with Gasteiger partial charge in [0, 0.05) is 12.1 Å². The van der Waals surface area contributed by atoms with Crippen molar-refractivity contribution in [3.63, 3.8) is 0 Å². The first-order chi connectivity index (χ1) is 9.58. The van der Waals surface area contributed by atoms with E-state index in [1.165, 1.54) is 6.07 Å². The van der Waals surface area contributed by atoms with Crippen LogP contribution in [0, 0.1) is 23.1 Å². The van der Waals surface area contributed by atoms with Gasteiger partial charge in [-0.05, 0) is 44.2 Å². The van der Waals surface area contributed by atoms with Gasteiger partial charge in [-0.3, -0.25) is 9.69 Å². The standard InChI is InChI=1S/C15H14F2N2O/c16-10-3-4-12(13(17)8-10)14(20)15-6-1-2-11(5-7-15)19(15)9-18/h3-4,8,11H,1-2,5-7H2. The number of carbonyl (C=O) groups is 1. The van der Waals surface area contributed by atoms with Crippen LogP contribution < -0.4 is 0 Å². The lowest BCUT2D eigenvalue weighted by Gasteiger charge is -2.40. The fourth-order valence-electron chi connectivity index (χ4n) is 3.59. The molecule has 2 bridgehead atoms. The molecule has 2 atom stereocenters. The number of halogens is 2. The number of hydrogen-bond donors (Lipinski definition) is 0. The topological polar surface area (TPSA) is 44.1 Å². The summed E-state index contributed by atoms with van der Waals surface area (Å²) in [5, 5.41) is 9.32. The highest BCUT2D eigenvalue weighted by atomic mass is 19.1. The zero-order valence-electron chi connectivity index (χ0n) is 10.9. The number of carbonyl (C=O) groups excluding carboxylic acids is 1. The number of benzene rings is 1. The zero-order chi connectivity index (χ0) is 14.3. The molecule has 0 N–H and O–H groups in total. The van der Waals surface area contributed by atoms with E-state index in [0.29, 0.717) is 12.8 Å². The second-order valence-corrected chi connectivity index (χ2v) is 5.54. The quantitative estimate of drug-likeness (QED) is 0.616. The minimum Gasteiger partial charge on any atom is -0.294 e. The lowest BCUT2D eigenvalue weighted by molar-refractivity contribution is 0.0617. The van der Waals surface area contributed by atoms with Crippen LogP contribution in [0.3, 0.4) is 0 Å². The van der Waals surface area contributed by atoms with Crippen molar-refractivity contribution in [3.8, 4) is 6.19 Å². The van der Waals surface area contributed by atoms with Gasteiger partial charge in [0.2, 0.25) is 0 Å². The van der Waals surface area contributed by atoms with Crippen LogP contribution >= 0.6 is 0 Å². The van der Waals surface area contributed by atoms with Crippen LogP contribution in [-0.4, -0.2) is 22.3 Å². The summed E-state index contributed by atoms with van der Waals surface area (Å²) >= 11 is 0. The summed E-state index contributed by atoms with van der Waals surface area (Å²) in [6, 6.07) is 3.06. The predicted octanol–water partition coefficient (Wildman–Crippen LogP) is 3.02. The average molecular weight is 276 g/mol. The van der Waals surface area contributed by atoms with Crippen LogP contribution in [0.4, 0.5) is 8.78 Å². The predicted molar refractivity (Wildman–Crippen MR) is 67.7 cm³/mol. The van der Waals surface area contributed by atoms with E-state index in [-0.39, 0.29) is 11.6 Å². The highest BCUT2D eigenvalue weighted by molar-refractivity contribution is 6.04. The molecular formula is C15H14F2N2O. The van der Waals surface area contributed by atoms with Crippen LogP contribution in [0.15, 0.2) is 18.2 Å². The van der Waals surface area contributed by atoms with Crippen LogP contribution in [0.1, 0.15) is 42.5 Å². The number of nitriles is 1. The normalized spacial score (nSPS) is 28.2. The van der Waals surface area contributed by atoms with Gasteiger partial charge < -0.3 is 0 Å².